The van der Waals surface area contributed by atoms with Gasteiger partial charge in [-0.3, -0.25) is 13.9 Å². The van der Waals surface area contributed by atoms with E-state index >= 15 is 0 Å². The van der Waals surface area contributed by atoms with Gasteiger partial charge in [-0.1, -0.05) is 95.1 Å². The summed E-state index contributed by atoms with van der Waals surface area (Å²) in [6, 6.07) is 30.3. The van der Waals surface area contributed by atoms with Crippen molar-refractivity contribution in [1.29, 1.82) is 0 Å². The molecule has 224 valence electrons. The molecular weight excluding hydrogens is 650 g/mol. The van der Waals surface area contributed by atoms with E-state index in [4.69, 9.17) is 11.6 Å². The number of carbonyl (C=O) groups is 2. The van der Waals surface area contributed by atoms with Gasteiger partial charge in [0.25, 0.3) is 10.0 Å². The highest BCUT2D eigenvalue weighted by atomic mass is 79.9. The molecule has 10 heteroatoms. The quantitative estimate of drug-likeness (QED) is 0.175. The smallest absolute Gasteiger partial charge is 0.264 e. The van der Waals surface area contributed by atoms with Gasteiger partial charge in [-0.15, -0.1) is 0 Å². The van der Waals surface area contributed by atoms with Gasteiger partial charge in [0.15, 0.2) is 0 Å². The van der Waals surface area contributed by atoms with E-state index in [1.807, 2.05) is 43.3 Å². The molecule has 0 aromatic heterocycles. The number of nitrogens with one attached hydrogen (secondary N) is 1. The Balaban J connectivity index is 1.78. The molecule has 0 saturated heterocycles. The standard InChI is InChI=1S/C33H33BrClN3O4S/c1-2-20-36-33(40)31(22-25-10-5-3-6-11-25)37(23-26-12-9-13-28(35)21-26)32(39)24-38(29-18-16-27(34)17-19-29)43(41,42)30-14-7-4-8-15-30/h3-19,21,31H,2,20,22-24H2,1H3,(H,36,40). The Kier molecular flexibility index (Phi) is 11.4. The van der Waals surface area contributed by atoms with Crippen molar-refractivity contribution in [3.05, 3.63) is 130 Å². The Morgan fingerprint density at radius 3 is 2.12 bits per heavy atom. The van der Waals surface area contributed by atoms with Gasteiger partial charge in [0, 0.05) is 29.0 Å². The highest BCUT2D eigenvalue weighted by molar-refractivity contribution is 9.10. The number of halogens is 2. The monoisotopic (exact) mass is 681 g/mol. The van der Waals surface area contributed by atoms with E-state index < -0.39 is 28.5 Å². The fourth-order valence-corrected chi connectivity index (χ4v) is 6.52. The van der Waals surface area contributed by atoms with Crippen LogP contribution in [-0.2, 0) is 32.6 Å². The molecule has 4 aromatic carbocycles. The van der Waals surface area contributed by atoms with Crippen molar-refractivity contribution < 1.29 is 18.0 Å². The summed E-state index contributed by atoms with van der Waals surface area (Å²) in [5.41, 5.74) is 1.89. The first kappa shape index (κ1) is 32.3. The Hall–Kier alpha value is -3.66. The van der Waals surface area contributed by atoms with Gasteiger partial charge >= 0.3 is 0 Å². The second kappa shape index (κ2) is 15.2. The van der Waals surface area contributed by atoms with Crippen molar-refractivity contribution in [2.45, 2.75) is 37.2 Å². The molecule has 1 unspecified atom stereocenters. The molecule has 2 amide bonds. The number of benzene rings is 4. The Bertz CT molecular complexity index is 1620. The SMILES string of the molecule is CCCNC(=O)C(Cc1ccccc1)N(Cc1cccc(Cl)c1)C(=O)CN(c1ccc(Br)cc1)S(=O)(=O)c1ccccc1. The minimum absolute atomic E-state index is 0.0497. The van der Waals surface area contributed by atoms with Crippen LogP contribution >= 0.6 is 27.5 Å². The summed E-state index contributed by atoms with van der Waals surface area (Å²) in [4.78, 5) is 29.5. The highest BCUT2D eigenvalue weighted by Crippen LogP contribution is 2.26. The zero-order valence-corrected chi connectivity index (χ0v) is 26.9. The predicted octanol–water partition coefficient (Wildman–Crippen LogP) is 6.46. The molecule has 4 rings (SSSR count). The molecule has 0 heterocycles. The molecule has 1 atom stereocenters. The van der Waals surface area contributed by atoms with Crippen LogP contribution in [0.4, 0.5) is 5.69 Å². The summed E-state index contributed by atoms with van der Waals surface area (Å²) in [5.74, 6) is -0.850. The van der Waals surface area contributed by atoms with Crippen LogP contribution in [0.2, 0.25) is 5.02 Å². The van der Waals surface area contributed by atoms with Gasteiger partial charge in [-0.25, -0.2) is 8.42 Å². The Morgan fingerprint density at radius 2 is 1.49 bits per heavy atom. The third kappa shape index (κ3) is 8.69. The van der Waals surface area contributed by atoms with Crippen molar-refractivity contribution in [1.82, 2.24) is 10.2 Å². The minimum atomic E-state index is -4.15. The van der Waals surface area contributed by atoms with Gasteiger partial charge in [0.2, 0.25) is 11.8 Å². The molecule has 0 saturated carbocycles. The van der Waals surface area contributed by atoms with E-state index in [2.05, 4.69) is 21.2 Å². The second-order valence-electron chi connectivity index (χ2n) is 9.95. The number of rotatable bonds is 13. The number of hydrogen-bond acceptors (Lipinski definition) is 4. The van der Waals surface area contributed by atoms with Crippen LogP contribution in [0.15, 0.2) is 119 Å². The summed E-state index contributed by atoms with van der Waals surface area (Å²) in [7, 11) is -4.15. The molecule has 0 fully saturated rings. The fraction of sp³-hybridized carbons (Fsp3) is 0.212. The Morgan fingerprint density at radius 1 is 0.860 bits per heavy atom. The van der Waals surface area contributed by atoms with E-state index in [1.165, 1.54) is 17.0 Å². The van der Waals surface area contributed by atoms with Gasteiger partial charge in [0.1, 0.15) is 12.6 Å². The van der Waals surface area contributed by atoms with Crippen molar-refractivity contribution in [2.75, 3.05) is 17.4 Å². The maximum absolute atomic E-state index is 14.4. The molecule has 7 nitrogen and oxygen atoms in total. The third-order valence-corrected chi connectivity index (χ3v) is 9.34. The fourth-order valence-electron chi connectivity index (χ4n) is 4.61. The van der Waals surface area contributed by atoms with E-state index in [0.29, 0.717) is 22.8 Å². The molecule has 1 N–H and O–H groups in total. The molecule has 43 heavy (non-hydrogen) atoms. The highest BCUT2D eigenvalue weighted by Gasteiger charge is 2.34. The molecule has 0 spiro atoms. The first-order chi connectivity index (χ1) is 20.7. The van der Waals surface area contributed by atoms with E-state index in [1.54, 1.807) is 60.7 Å². The number of sulfonamides is 1. The lowest BCUT2D eigenvalue weighted by Crippen LogP contribution is -2.53. The average Bonchev–Trinajstić information content (AvgIpc) is 3.01. The lowest BCUT2D eigenvalue weighted by atomic mass is 10.0. The van der Waals surface area contributed by atoms with Crippen molar-refractivity contribution in [2.24, 2.45) is 0 Å². The lowest BCUT2D eigenvalue weighted by Gasteiger charge is -2.34. The Labute approximate surface area is 266 Å². The molecular formula is C33H33BrClN3O4S. The topological polar surface area (TPSA) is 86.8 Å². The number of hydrogen-bond donors (Lipinski definition) is 1. The summed E-state index contributed by atoms with van der Waals surface area (Å²) in [6.45, 7) is 1.92. The normalized spacial score (nSPS) is 11.9. The average molecular weight is 683 g/mol. The van der Waals surface area contributed by atoms with Crippen LogP contribution in [0.3, 0.4) is 0 Å². The second-order valence-corrected chi connectivity index (χ2v) is 13.2. The molecule has 0 bridgehead atoms. The van der Waals surface area contributed by atoms with Gasteiger partial charge < -0.3 is 10.2 Å². The number of carbonyl (C=O) groups excluding carboxylic acids is 2. The molecule has 0 aliphatic carbocycles. The molecule has 4 aromatic rings. The van der Waals surface area contributed by atoms with Gasteiger partial charge in [-0.2, -0.15) is 0 Å². The molecule has 0 aliphatic heterocycles. The summed E-state index contributed by atoms with van der Waals surface area (Å²) >= 11 is 9.67. The summed E-state index contributed by atoms with van der Waals surface area (Å²) in [5, 5.41) is 3.43. The van der Waals surface area contributed by atoms with E-state index in [9.17, 15) is 18.0 Å². The number of amides is 2. The van der Waals surface area contributed by atoms with Gasteiger partial charge in [-0.05, 0) is 66.1 Å². The first-order valence-electron chi connectivity index (χ1n) is 13.9. The number of anilines is 1. The van der Waals surface area contributed by atoms with Crippen LogP contribution in [0, 0.1) is 0 Å². The lowest BCUT2D eigenvalue weighted by molar-refractivity contribution is -0.140. The zero-order valence-electron chi connectivity index (χ0n) is 23.7. The van der Waals surface area contributed by atoms with Crippen LogP contribution in [0.1, 0.15) is 24.5 Å². The zero-order chi connectivity index (χ0) is 30.8. The predicted molar refractivity (Wildman–Crippen MR) is 174 cm³/mol. The van der Waals surface area contributed by atoms with E-state index in [0.717, 1.165) is 20.8 Å². The summed E-state index contributed by atoms with van der Waals surface area (Å²) < 4.78 is 29.8. The third-order valence-electron chi connectivity index (χ3n) is 6.79. The van der Waals surface area contributed by atoms with E-state index in [-0.39, 0.29) is 23.8 Å². The first-order valence-corrected chi connectivity index (χ1v) is 16.5. The largest absolute Gasteiger partial charge is 0.354 e. The van der Waals surface area contributed by atoms with Gasteiger partial charge in [0.05, 0.1) is 10.6 Å². The van der Waals surface area contributed by atoms with Crippen molar-refractivity contribution >= 4 is 55.1 Å². The molecule has 0 radical (unpaired) electrons. The van der Waals surface area contributed by atoms with Crippen LogP contribution < -0.4 is 9.62 Å². The summed E-state index contributed by atoms with van der Waals surface area (Å²) in [6.07, 6.45) is 0.963. The van der Waals surface area contributed by atoms with Crippen molar-refractivity contribution in [3.8, 4) is 0 Å². The van der Waals surface area contributed by atoms with Crippen molar-refractivity contribution in [3.63, 3.8) is 0 Å². The van der Waals surface area contributed by atoms with Crippen LogP contribution in [0.25, 0.3) is 0 Å². The number of nitrogens with zero attached hydrogens (tertiary/aromatic N) is 2. The van der Waals surface area contributed by atoms with Crippen LogP contribution in [0.5, 0.6) is 0 Å². The maximum atomic E-state index is 14.4. The minimum Gasteiger partial charge on any atom is -0.354 e. The molecule has 0 aliphatic rings. The van der Waals surface area contributed by atoms with Crippen LogP contribution in [-0.4, -0.2) is 44.3 Å². The maximum Gasteiger partial charge on any atom is 0.264 e.